The minimum Gasteiger partial charge on any atom is -0.334 e. The molecule has 1 aromatic heterocycles. The molecule has 0 aliphatic carbocycles. The number of hydrogen-bond donors (Lipinski definition) is 1. The number of amides is 1. The first-order chi connectivity index (χ1) is 15.8. The number of benzene rings is 2. The first-order valence-electron chi connectivity index (χ1n) is 10.4. The van der Waals surface area contributed by atoms with Gasteiger partial charge in [0.25, 0.3) is 5.91 Å². The molecule has 1 saturated heterocycles. The van der Waals surface area contributed by atoms with Gasteiger partial charge in [0.1, 0.15) is 17.7 Å². The van der Waals surface area contributed by atoms with Crippen LogP contribution < -0.4 is 5.32 Å². The van der Waals surface area contributed by atoms with Crippen LogP contribution in [0.2, 0.25) is 5.02 Å². The third kappa shape index (κ3) is 4.96. The van der Waals surface area contributed by atoms with Crippen LogP contribution in [0.5, 0.6) is 0 Å². The minimum absolute atomic E-state index is 0.0694. The van der Waals surface area contributed by atoms with Crippen molar-refractivity contribution in [2.45, 2.75) is 18.8 Å². The van der Waals surface area contributed by atoms with Crippen LogP contribution in [0.15, 0.2) is 60.7 Å². The Balaban J connectivity index is 1.89. The fourth-order valence-electron chi connectivity index (χ4n) is 4.00. The molecule has 2 aromatic carbocycles. The lowest BCUT2D eigenvalue weighted by molar-refractivity contribution is -0.143. The van der Waals surface area contributed by atoms with Crippen LogP contribution in [0.1, 0.15) is 21.7 Å². The average molecular weight is 476 g/mol. The smallest absolute Gasteiger partial charge is 0.334 e. The monoisotopic (exact) mass is 475 g/mol. The van der Waals surface area contributed by atoms with Crippen molar-refractivity contribution in [2.24, 2.45) is 0 Å². The van der Waals surface area contributed by atoms with E-state index in [-0.39, 0.29) is 30.9 Å². The van der Waals surface area contributed by atoms with E-state index >= 15 is 0 Å². The topological polar surface area (TPSA) is 54.3 Å². The van der Waals surface area contributed by atoms with E-state index in [2.05, 4.69) is 5.32 Å². The molecular formula is C24H21ClF3N3O2. The highest BCUT2D eigenvalue weighted by molar-refractivity contribution is 6.30. The van der Waals surface area contributed by atoms with Gasteiger partial charge in [-0.25, -0.2) is 0 Å². The highest BCUT2D eigenvalue weighted by atomic mass is 35.5. The molecule has 4 rings (SSSR count). The third-order valence-electron chi connectivity index (χ3n) is 5.59. The maximum atomic E-state index is 14.1. The summed E-state index contributed by atoms with van der Waals surface area (Å²) in [6, 6.07) is 15.4. The van der Waals surface area contributed by atoms with Crippen molar-refractivity contribution >= 4 is 23.8 Å². The van der Waals surface area contributed by atoms with Crippen molar-refractivity contribution < 1.29 is 22.8 Å². The van der Waals surface area contributed by atoms with Crippen molar-refractivity contribution in [1.82, 2.24) is 14.8 Å². The number of rotatable bonds is 5. The zero-order valence-corrected chi connectivity index (χ0v) is 18.2. The molecular weight excluding hydrogens is 455 g/mol. The Hall–Kier alpha value is -3.10. The molecule has 9 heteroatoms. The van der Waals surface area contributed by atoms with Gasteiger partial charge in [0.2, 0.25) is 0 Å². The summed E-state index contributed by atoms with van der Waals surface area (Å²) in [5.41, 5.74) is 0.256. The number of nitrogens with one attached hydrogen (secondary N) is 1. The molecule has 172 valence electrons. The Morgan fingerprint density at radius 3 is 2.45 bits per heavy atom. The number of carbonyl (C=O) groups is 2. The zero-order chi connectivity index (χ0) is 23.6. The van der Waals surface area contributed by atoms with E-state index in [1.165, 1.54) is 4.90 Å². The van der Waals surface area contributed by atoms with Crippen LogP contribution in [0.4, 0.5) is 13.2 Å². The summed E-state index contributed by atoms with van der Waals surface area (Å²) >= 11 is 5.97. The summed E-state index contributed by atoms with van der Waals surface area (Å²) in [5.74, 6) is -0.556. The second-order valence-electron chi connectivity index (χ2n) is 7.82. The number of nitrogens with zero attached hydrogens (tertiary/aromatic N) is 2. The van der Waals surface area contributed by atoms with E-state index in [1.807, 2.05) is 0 Å². The summed E-state index contributed by atoms with van der Waals surface area (Å²) in [6.07, 6.45) is -3.98. The molecule has 1 N–H and O–H groups in total. The molecule has 0 spiro atoms. The minimum atomic E-state index is -4.68. The second-order valence-corrected chi connectivity index (χ2v) is 8.25. The van der Waals surface area contributed by atoms with Crippen LogP contribution in [0.3, 0.4) is 0 Å². The van der Waals surface area contributed by atoms with Gasteiger partial charge in [0.15, 0.2) is 0 Å². The quantitative estimate of drug-likeness (QED) is 0.553. The standard InChI is InChI=1S/C24H21ClF3N3O2/c25-18-8-6-17(7-9-18)20-12-21(24(26,27)28)31(13-16-4-2-1-3-5-16)22(20)23(33)30-11-10-29-19(14-30)15-32/h1-9,12,15,19,29H,10-11,13-14H2. The van der Waals surface area contributed by atoms with Crippen LogP contribution in [-0.2, 0) is 17.5 Å². The average Bonchev–Trinajstić information content (AvgIpc) is 3.19. The van der Waals surface area contributed by atoms with Crippen molar-refractivity contribution in [2.75, 3.05) is 19.6 Å². The molecule has 0 radical (unpaired) electrons. The normalized spacial score (nSPS) is 16.6. The largest absolute Gasteiger partial charge is 0.431 e. The van der Waals surface area contributed by atoms with Crippen molar-refractivity contribution in [3.8, 4) is 11.1 Å². The van der Waals surface area contributed by atoms with Crippen LogP contribution in [-0.4, -0.2) is 47.3 Å². The molecule has 0 bridgehead atoms. The second kappa shape index (κ2) is 9.41. The van der Waals surface area contributed by atoms with E-state index in [9.17, 15) is 22.8 Å². The van der Waals surface area contributed by atoms with Crippen molar-refractivity contribution in [3.63, 3.8) is 0 Å². The molecule has 1 aliphatic heterocycles. The number of alkyl halides is 3. The number of halogens is 4. The Morgan fingerprint density at radius 1 is 1.12 bits per heavy atom. The van der Waals surface area contributed by atoms with Gasteiger partial charge < -0.3 is 19.6 Å². The van der Waals surface area contributed by atoms with E-state index < -0.39 is 23.8 Å². The number of aromatic nitrogens is 1. The van der Waals surface area contributed by atoms with Crippen LogP contribution in [0, 0.1) is 0 Å². The van der Waals surface area contributed by atoms with Gasteiger partial charge in [-0.15, -0.1) is 0 Å². The Morgan fingerprint density at radius 2 is 1.82 bits per heavy atom. The van der Waals surface area contributed by atoms with Gasteiger partial charge in [-0.05, 0) is 29.3 Å². The van der Waals surface area contributed by atoms with Gasteiger partial charge in [0.05, 0.1) is 6.04 Å². The van der Waals surface area contributed by atoms with E-state index in [1.54, 1.807) is 54.6 Å². The molecule has 5 nitrogen and oxygen atoms in total. The van der Waals surface area contributed by atoms with Gasteiger partial charge in [-0.1, -0.05) is 54.1 Å². The third-order valence-corrected chi connectivity index (χ3v) is 5.84. The molecule has 1 atom stereocenters. The summed E-state index contributed by atoms with van der Waals surface area (Å²) in [4.78, 5) is 26.3. The number of piperazine rings is 1. The molecule has 33 heavy (non-hydrogen) atoms. The number of carbonyl (C=O) groups excluding carboxylic acids is 2. The summed E-state index contributed by atoms with van der Waals surface area (Å²) in [7, 11) is 0. The first kappa shape index (κ1) is 23.1. The zero-order valence-electron chi connectivity index (χ0n) is 17.5. The Kier molecular flexibility index (Phi) is 6.58. The lowest BCUT2D eigenvalue weighted by Crippen LogP contribution is -2.53. The van der Waals surface area contributed by atoms with E-state index in [4.69, 9.17) is 11.6 Å². The van der Waals surface area contributed by atoms with E-state index in [0.717, 1.165) is 10.6 Å². The maximum Gasteiger partial charge on any atom is 0.431 e. The highest BCUT2D eigenvalue weighted by Gasteiger charge is 2.39. The molecule has 1 fully saturated rings. The van der Waals surface area contributed by atoms with Crippen molar-refractivity contribution in [1.29, 1.82) is 0 Å². The summed E-state index contributed by atoms with van der Waals surface area (Å²) in [6.45, 7) is 0.603. The van der Waals surface area contributed by atoms with Gasteiger partial charge >= 0.3 is 6.18 Å². The number of aldehydes is 1. The number of hydrogen-bond acceptors (Lipinski definition) is 3. The van der Waals surface area contributed by atoms with E-state index in [0.29, 0.717) is 29.0 Å². The van der Waals surface area contributed by atoms with Gasteiger partial charge in [-0.2, -0.15) is 13.2 Å². The SMILES string of the molecule is O=CC1CN(C(=O)c2c(-c3ccc(Cl)cc3)cc(C(F)(F)F)n2Cc2ccccc2)CCN1. The predicted octanol–water partition coefficient (Wildman–Crippen LogP) is 4.49. The lowest BCUT2D eigenvalue weighted by Gasteiger charge is -2.32. The fourth-order valence-corrected chi connectivity index (χ4v) is 4.12. The summed E-state index contributed by atoms with van der Waals surface area (Å²) < 4.78 is 43.4. The predicted molar refractivity (Wildman–Crippen MR) is 119 cm³/mol. The van der Waals surface area contributed by atoms with Crippen LogP contribution >= 0.6 is 11.6 Å². The fraction of sp³-hybridized carbons (Fsp3) is 0.250. The molecule has 0 saturated carbocycles. The highest BCUT2D eigenvalue weighted by Crippen LogP contribution is 2.38. The lowest BCUT2D eigenvalue weighted by atomic mass is 10.0. The molecule has 2 heterocycles. The first-order valence-corrected chi connectivity index (χ1v) is 10.7. The van der Waals surface area contributed by atoms with Crippen LogP contribution in [0.25, 0.3) is 11.1 Å². The van der Waals surface area contributed by atoms with Crippen molar-refractivity contribution in [3.05, 3.63) is 82.6 Å². The summed E-state index contributed by atoms with van der Waals surface area (Å²) in [5, 5.41) is 3.41. The molecule has 1 aliphatic rings. The Bertz CT molecular complexity index is 1140. The maximum absolute atomic E-state index is 14.1. The molecule has 1 amide bonds. The molecule has 3 aromatic rings. The van der Waals surface area contributed by atoms with Gasteiger partial charge in [-0.3, -0.25) is 4.79 Å². The van der Waals surface area contributed by atoms with Gasteiger partial charge in [0, 0.05) is 36.8 Å². The molecule has 1 unspecified atom stereocenters. The Labute approximate surface area is 193 Å².